The zero-order valence-electron chi connectivity index (χ0n) is 19.2. The van der Waals surface area contributed by atoms with Crippen LogP contribution in [0.1, 0.15) is 29.4 Å². The highest BCUT2D eigenvalue weighted by Gasteiger charge is 2.30. The number of ether oxygens (including phenoxy) is 5. The van der Waals surface area contributed by atoms with Gasteiger partial charge in [-0.25, -0.2) is 0 Å². The summed E-state index contributed by atoms with van der Waals surface area (Å²) in [6.45, 7) is 2.91. The summed E-state index contributed by atoms with van der Waals surface area (Å²) in [5.74, 6) is -0.544. The number of methoxy groups -OCH3 is 4. The van der Waals surface area contributed by atoms with Crippen molar-refractivity contribution in [2.45, 2.75) is 18.9 Å². The maximum Gasteiger partial charge on any atom is 0.306 e. The van der Waals surface area contributed by atoms with E-state index in [4.69, 9.17) is 28.1 Å². The summed E-state index contributed by atoms with van der Waals surface area (Å²) in [5.41, 5.74) is -0.142. The minimum atomic E-state index is -0.885. The van der Waals surface area contributed by atoms with Crippen LogP contribution in [-0.4, -0.2) is 70.7 Å². The first-order valence-corrected chi connectivity index (χ1v) is 10.4. The molecule has 180 valence electrons. The fraction of sp³-hybridized carbons (Fsp3) is 0.478. The molecule has 0 unspecified atom stereocenters. The van der Waals surface area contributed by atoms with Gasteiger partial charge in [0.2, 0.25) is 11.2 Å². The Bertz CT molecular complexity index is 1030. The van der Waals surface area contributed by atoms with Gasteiger partial charge >= 0.3 is 5.97 Å². The van der Waals surface area contributed by atoms with Crippen LogP contribution in [0, 0.1) is 0 Å². The SMILES string of the molecule is COC(=O)C[C@@H](c1cc(OC)c(OC)cc1OC)c1oc(CN2CCOCC2)cc(=O)c1O. The van der Waals surface area contributed by atoms with Crippen molar-refractivity contribution in [1.82, 2.24) is 4.90 Å². The Morgan fingerprint density at radius 3 is 2.27 bits per heavy atom. The molecule has 1 saturated heterocycles. The van der Waals surface area contributed by atoms with Gasteiger partial charge in [-0.3, -0.25) is 14.5 Å². The fourth-order valence-corrected chi connectivity index (χ4v) is 3.77. The maximum atomic E-state index is 12.6. The van der Waals surface area contributed by atoms with Gasteiger partial charge in [0.25, 0.3) is 0 Å². The first-order chi connectivity index (χ1) is 15.9. The lowest BCUT2D eigenvalue weighted by Gasteiger charge is -2.26. The number of esters is 1. The third kappa shape index (κ3) is 5.58. The number of nitrogens with zero attached hydrogens (tertiary/aromatic N) is 1. The molecule has 2 heterocycles. The van der Waals surface area contributed by atoms with E-state index < -0.39 is 23.1 Å². The molecule has 0 bridgehead atoms. The highest BCUT2D eigenvalue weighted by atomic mass is 16.5. The second-order valence-corrected chi connectivity index (χ2v) is 7.46. The van der Waals surface area contributed by atoms with E-state index in [0.717, 1.165) is 0 Å². The molecule has 3 rings (SSSR count). The van der Waals surface area contributed by atoms with Gasteiger partial charge in [0.05, 0.1) is 60.5 Å². The summed E-state index contributed by atoms with van der Waals surface area (Å²) in [4.78, 5) is 27.0. The number of benzene rings is 1. The summed E-state index contributed by atoms with van der Waals surface area (Å²) >= 11 is 0. The van der Waals surface area contributed by atoms with Crippen LogP contribution >= 0.6 is 0 Å². The molecule has 1 aliphatic heterocycles. The van der Waals surface area contributed by atoms with Crippen LogP contribution < -0.4 is 19.6 Å². The van der Waals surface area contributed by atoms with Crippen LogP contribution in [0.4, 0.5) is 0 Å². The van der Waals surface area contributed by atoms with Gasteiger partial charge in [0, 0.05) is 30.8 Å². The highest BCUT2D eigenvalue weighted by molar-refractivity contribution is 5.72. The number of hydrogen-bond donors (Lipinski definition) is 1. The van der Waals surface area contributed by atoms with Gasteiger partial charge in [0.1, 0.15) is 11.5 Å². The van der Waals surface area contributed by atoms with E-state index in [0.29, 0.717) is 61.4 Å². The lowest BCUT2D eigenvalue weighted by atomic mass is 9.91. The molecule has 1 fully saturated rings. The van der Waals surface area contributed by atoms with E-state index >= 15 is 0 Å². The lowest BCUT2D eigenvalue weighted by molar-refractivity contribution is -0.140. The smallest absolute Gasteiger partial charge is 0.306 e. The average Bonchev–Trinajstić information content (AvgIpc) is 2.84. The van der Waals surface area contributed by atoms with Gasteiger partial charge in [-0.2, -0.15) is 0 Å². The normalized spacial score (nSPS) is 15.0. The quantitative estimate of drug-likeness (QED) is 0.553. The molecule has 2 aromatic rings. The van der Waals surface area contributed by atoms with Crippen LogP contribution in [0.5, 0.6) is 23.0 Å². The standard InChI is InChI=1S/C23H29NO9/c1-28-18-12-20(30-3)19(29-2)10-15(18)16(11-21(26)31-4)23-22(27)17(25)9-14(33-23)13-24-5-7-32-8-6-24/h9-10,12,16,27H,5-8,11,13H2,1-4H3/t16-/m0/s1. The Labute approximate surface area is 191 Å². The molecule has 33 heavy (non-hydrogen) atoms. The molecule has 1 N–H and O–H groups in total. The molecule has 1 aromatic heterocycles. The molecule has 0 amide bonds. The Hall–Kier alpha value is -3.24. The van der Waals surface area contributed by atoms with Gasteiger partial charge in [-0.05, 0) is 6.07 Å². The lowest BCUT2D eigenvalue weighted by Crippen LogP contribution is -2.35. The third-order valence-corrected chi connectivity index (χ3v) is 5.51. The minimum absolute atomic E-state index is 0.0540. The van der Waals surface area contributed by atoms with Crippen molar-refractivity contribution in [3.63, 3.8) is 0 Å². The molecule has 0 aliphatic carbocycles. The van der Waals surface area contributed by atoms with Crippen LogP contribution in [0.25, 0.3) is 0 Å². The summed E-state index contributed by atoms with van der Waals surface area (Å²) in [5, 5.41) is 10.6. The summed E-state index contributed by atoms with van der Waals surface area (Å²) < 4.78 is 32.5. The second kappa shape index (κ2) is 11.1. The van der Waals surface area contributed by atoms with Crippen LogP contribution in [0.2, 0.25) is 0 Å². The number of carbonyl (C=O) groups excluding carboxylic acids is 1. The van der Waals surface area contributed by atoms with E-state index in [2.05, 4.69) is 4.90 Å². The van der Waals surface area contributed by atoms with Crippen molar-refractivity contribution in [3.05, 3.63) is 45.5 Å². The summed E-state index contributed by atoms with van der Waals surface area (Å²) in [6, 6.07) is 4.49. The second-order valence-electron chi connectivity index (χ2n) is 7.46. The number of morpholine rings is 1. The average molecular weight is 463 g/mol. The molecule has 1 atom stereocenters. The van der Waals surface area contributed by atoms with Crippen molar-refractivity contribution in [2.24, 2.45) is 0 Å². The van der Waals surface area contributed by atoms with Crippen LogP contribution in [0.3, 0.4) is 0 Å². The van der Waals surface area contributed by atoms with Crippen molar-refractivity contribution in [3.8, 4) is 23.0 Å². The van der Waals surface area contributed by atoms with Gasteiger partial charge in [0.15, 0.2) is 17.3 Å². The fourth-order valence-electron chi connectivity index (χ4n) is 3.77. The molecule has 1 aromatic carbocycles. The maximum absolute atomic E-state index is 12.6. The van der Waals surface area contributed by atoms with E-state index in [9.17, 15) is 14.7 Å². The molecular weight excluding hydrogens is 434 g/mol. The van der Waals surface area contributed by atoms with E-state index in [1.807, 2.05) is 0 Å². The Balaban J connectivity index is 2.13. The van der Waals surface area contributed by atoms with E-state index in [-0.39, 0.29) is 12.2 Å². The predicted molar refractivity (Wildman–Crippen MR) is 117 cm³/mol. The minimum Gasteiger partial charge on any atom is -0.502 e. The molecule has 10 heteroatoms. The van der Waals surface area contributed by atoms with Gasteiger partial charge < -0.3 is 33.2 Å². The molecule has 10 nitrogen and oxygen atoms in total. The first kappa shape index (κ1) is 24.4. The molecule has 0 radical (unpaired) electrons. The molecule has 0 saturated carbocycles. The molecular formula is C23H29NO9. The highest BCUT2D eigenvalue weighted by Crippen LogP contribution is 2.43. The van der Waals surface area contributed by atoms with Crippen molar-refractivity contribution in [1.29, 1.82) is 0 Å². The summed E-state index contributed by atoms with van der Waals surface area (Å²) in [6.07, 6.45) is -0.208. The Kier molecular flexibility index (Phi) is 8.18. The largest absolute Gasteiger partial charge is 0.502 e. The van der Waals surface area contributed by atoms with E-state index in [1.54, 1.807) is 12.1 Å². The monoisotopic (exact) mass is 463 g/mol. The van der Waals surface area contributed by atoms with Crippen molar-refractivity contribution < 1.29 is 38.0 Å². The topological polar surface area (TPSA) is 117 Å². The molecule has 0 spiro atoms. The van der Waals surface area contributed by atoms with Crippen LogP contribution in [0.15, 0.2) is 27.4 Å². The number of aromatic hydroxyl groups is 1. The Morgan fingerprint density at radius 1 is 1.03 bits per heavy atom. The number of rotatable bonds is 9. The van der Waals surface area contributed by atoms with E-state index in [1.165, 1.54) is 34.5 Å². The van der Waals surface area contributed by atoms with Crippen molar-refractivity contribution in [2.75, 3.05) is 54.7 Å². The zero-order chi connectivity index (χ0) is 24.0. The summed E-state index contributed by atoms with van der Waals surface area (Å²) in [7, 11) is 5.69. The number of carbonyl (C=O) groups is 1. The molecule has 1 aliphatic rings. The zero-order valence-corrected chi connectivity index (χ0v) is 19.2. The Morgan fingerprint density at radius 2 is 1.67 bits per heavy atom. The van der Waals surface area contributed by atoms with Crippen molar-refractivity contribution >= 4 is 5.97 Å². The predicted octanol–water partition coefficient (Wildman–Crippen LogP) is 1.90. The van der Waals surface area contributed by atoms with Gasteiger partial charge in [-0.15, -0.1) is 0 Å². The van der Waals surface area contributed by atoms with Crippen LogP contribution in [-0.2, 0) is 20.8 Å². The number of hydrogen-bond acceptors (Lipinski definition) is 10. The third-order valence-electron chi connectivity index (χ3n) is 5.51. The van der Waals surface area contributed by atoms with Gasteiger partial charge in [-0.1, -0.05) is 0 Å². The first-order valence-electron chi connectivity index (χ1n) is 10.4.